The van der Waals surface area contributed by atoms with Crippen molar-refractivity contribution in [2.75, 3.05) is 18.1 Å². The number of aromatic nitrogens is 4. The van der Waals surface area contributed by atoms with E-state index >= 15 is 0 Å². The van der Waals surface area contributed by atoms with Crippen LogP contribution in [0.4, 0.5) is 0 Å². The summed E-state index contributed by atoms with van der Waals surface area (Å²) in [6.45, 7) is 12.5. The van der Waals surface area contributed by atoms with Crippen molar-refractivity contribution in [2.45, 2.75) is 78.6 Å². The Balaban J connectivity index is 1.39. The van der Waals surface area contributed by atoms with Crippen molar-refractivity contribution < 1.29 is 17.9 Å². The fraction of sp³-hybridized carbons (Fsp3) is 0.486. The molecule has 0 radical (unpaired) electrons. The molecular weight excluding hydrogens is 600 g/mol. The van der Waals surface area contributed by atoms with Crippen LogP contribution in [0.3, 0.4) is 0 Å². The summed E-state index contributed by atoms with van der Waals surface area (Å²) in [7, 11) is -1.27. The van der Waals surface area contributed by atoms with Crippen LogP contribution < -0.4 is 10.1 Å². The largest absolute Gasteiger partial charge is 0.489 e. The third kappa shape index (κ3) is 6.27. The molecule has 4 heterocycles. The molecule has 0 bridgehead atoms. The third-order valence-corrected chi connectivity index (χ3v) is 11.6. The van der Waals surface area contributed by atoms with Crippen molar-refractivity contribution in [1.82, 2.24) is 30.2 Å². The third-order valence-electron chi connectivity index (χ3n) is 9.83. The number of rotatable bonds is 8. The van der Waals surface area contributed by atoms with Crippen LogP contribution in [0.5, 0.6) is 5.75 Å². The average molecular weight is 645 g/mol. The van der Waals surface area contributed by atoms with E-state index in [1.807, 2.05) is 46.1 Å². The molecule has 4 aromatic rings. The first-order valence-electron chi connectivity index (χ1n) is 16.1. The van der Waals surface area contributed by atoms with E-state index in [-0.39, 0.29) is 35.5 Å². The lowest BCUT2D eigenvalue weighted by atomic mass is 9.69. The van der Waals surface area contributed by atoms with Gasteiger partial charge in [-0.25, -0.2) is 13.1 Å². The van der Waals surface area contributed by atoms with Gasteiger partial charge in [-0.05, 0) is 66.6 Å². The molecule has 2 unspecified atom stereocenters. The minimum atomic E-state index is -3.14. The molecule has 1 N–H and O–H groups in total. The zero-order valence-electron chi connectivity index (χ0n) is 27.6. The van der Waals surface area contributed by atoms with E-state index in [1.165, 1.54) is 11.1 Å². The Morgan fingerprint density at radius 2 is 1.98 bits per heavy atom. The number of aryl methyl sites for hydroxylation is 3. The van der Waals surface area contributed by atoms with E-state index in [0.29, 0.717) is 6.42 Å². The van der Waals surface area contributed by atoms with Gasteiger partial charge in [0.05, 0.1) is 22.4 Å². The second-order valence-electron chi connectivity index (χ2n) is 13.6. The van der Waals surface area contributed by atoms with Crippen LogP contribution in [0, 0.1) is 19.3 Å². The molecule has 3 atom stereocenters. The van der Waals surface area contributed by atoms with Crippen molar-refractivity contribution >= 4 is 26.8 Å². The van der Waals surface area contributed by atoms with Crippen LogP contribution in [-0.2, 0) is 34.8 Å². The highest BCUT2D eigenvalue weighted by atomic mass is 32.2. The maximum atomic E-state index is 14.1. The van der Waals surface area contributed by atoms with Gasteiger partial charge in [0, 0.05) is 56.6 Å². The number of hydrogen-bond acceptors (Lipinski definition) is 8. The van der Waals surface area contributed by atoms with Gasteiger partial charge in [0.2, 0.25) is 5.91 Å². The van der Waals surface area contributed by atoms with Crippen molar-refractivity contribution in [3.8, 4) is 5.75 Å². The minimum Gasteiger partial charge on any atom is -0.489 e. The Bertz CT molecular complexity index is 1890. The molecule has 2 aromatic heterocycles. The fourth-order valence-electron chi connectivity index (χ4n) is 7.03. The van der Waals surface area contributed by atoms with E-state index in [4.69, 9.17) is 4.74 Å². The average Bonchev–Trinajstić information content (AvgIpc) is 3.50. The van der Waals surface area contributed by atoms with Crippen molar-refractivity contribution in [1.29, 1.82) is 0 Å². The standard InChI is InChI=1S/C35H44N6O4S/c1-7-28-20-41(19-26-17-36-14-12-31(26)45-28)18-25-16-24(9-8-22(25)2)32(29-10-11-30-33(23(29)3)38-39-40(30)6)35(4,5)34(42)37-27-13-15-46(43,44)21-27/h8-12,14,16-17,27-28,32H,7,13,15,18-21H2,1-6H3,(H,37,42)/t27?,28-,32?/m1/s1. The van der Waals surface area contributed by atoms with E-state index < -0.39 is 15.3 Å². The van der Waals surface area contributed by atoms with Crippen molar-refractivity contribution in [3.63, 3.8) is 0 Å². The normalized spacial score (nSPS) is 20.6. The number of carbonyl (C=O) groups excluding carboxylic acids is 1. The predicted octanol–water partition coefficient (Wildman–Crippen LogP) is 4.61. The van der Waals surface area contributed by atoms with Gasteiger partial charge in [-0.2, -0.15) is 0 Å². The predicted molar refractivity (Wildman–Crippen MR) is 178 cm³/mol. The number of benzene rings is 2. The van der Waals surface area contributed by atoms with Gasteiger partial charge in [-0.1, -0.05) is 50.3 Å². The molecule has 1 amide bonds. The molecule has 6 rings (SSSR count). The first-order valence-corrected chi connectivity index (χ1v) is 17.9. The quantitative estimate of drug-likeness (QED) is 0.295. The monoisotopic (exact) mass is 644 g/mol. The van der Waals surface area contributed by atoms with Gasteiger partial charge in [0.15, 0.2) is 9.84 Å². The Labute approximate surface area is 271 Å². The number of hydrogen-bond donors (Lipinski definition) is 1. The topological polar surface area (TPSA) is 119 Å². The molecule has 2 aromatic carbocycles. The lowest BCUT2D eigenvalue weighted by Gasteiger charge is -2.36. The van der Waals surface area contributed by atoms with E-state index in [2.05, 4.69) is 63.6 Å². The maximum Gasteiger partial charge on any atom is 0.226 e. The van der Waals surface area contributed by atoms with Crippen LogP contribution in [0.2, 0.25) is 0 Å². The van der Waals surface area contributed by atoms with Gasteiger partial charge in [-0.15, -0.1) is 5.10 Å². The summed E-state index contributed by atoms with van der Waals surface area (Å²) < 4.78 is 32.5. The van der Waals surface area contributed by atoms with Crippen LogP contribution in [0.1, 0.15) is 72.9 Å². The van der Waals surface area contributed by atoms with Crippen LogP contribution in [-0.4, -0.2) is 69.4 Å². The molecular formula is C35H44N6O4S. The van der Waals surface area contributed by atoms with Crippen molar-refractivity contribution in [3.05, 3.63) is 82.2 Å². The zero-order valence-corrected chi connectivity index (χ0v) is 28.4. The van der Waals surface area contributed by atoms with Crippen LogP contribution in [0.25, 0.3) is 11.0 Å². The van der Waals surface area contributed by atoms with E-state index in [1.54, 1.807) is 10.9 Å². The summed E-state index contributed by atoms with van der Waals surface area (Å²) in [6.07, 6.45) is 5.07. The summed E-state index contributed by atoms with van der Waals surface area (Å²) in [4.78, 5) is 20.9. The molecule has 10 nitrogen and oxygen atoms in total. The molecule has 244 valence electrons. The number of pyridine rings is 1. The van der Waals surface area contributed by atoms with Crippen LogP contribution in [0.15, 0.2) is 48.8 Å². The van der Waals surface area contributed by atoms with Gasteiger partial charge >= 0.3 is 0 Å². The fourth-order valence-corrected chi connectivity index (χ4v) is 8.70. The first kappa shape index (κ1) is 32.1. The molecule has 0 saturated carbocycles. The number of ether oxygens (including phenoxy) is 1. The minimum absolute atomic E-state index is 0.0181. The van der Waals surface area contributed by atoms with Crippen molar-refractivity contribution in [2.24, 2.45) is 12.5 Å². The molecule has 1 saturated heterocycles. The molecule has 1 fully saturated rings. The SMILES string of the molecule is CC[C@@H]1CN(Cc2cc(C(c3ccc4c(nnn4C)c3C)C(C)(C)C(=O)NC3CCS(=O)(=O)C3)ccc2C)Cc2cnccc2O1. The Morgan fingerprint density at radius 1 is 1.17 bits per heavy atom. The Morgan fingerprint density at radius 3 is 2.72 bits per heavy atom. The molecule has 0 spiro atoms. The number of nitrogens with one attached hydrogen (secondary N) is 1. The van der Waals surface area contributed by atoms with Gasteiger partial charge in [0.1, 0.15) is 17.4 Å². The molecule has 11 heteroatoms. The molecule has 2 aliphatic rings. The first-order chi connectivity index (χ1) is 21.9. The summed E-state index contributed by atoms with van der Waals surface area (Å²) in [6, 6.07) is 12.2. The Hall–Kier alpha value is -3.83. The highest BCUT2D eigenvalue weighted by Crippen LogP contribution is 2.44. The highest BCUT2D eigenvalue weighted by Gasteiger charge is 2.42. The second-order valence-corrected chi connectivity index (χ2v) is 15.8. The highest BCUT2D eigenvalue weighted by molar-refractivity contribution is 7.91. The number of sulfone groups is 1. The second kappa shape index (κ2) is 12.4. The van der Waals surface area contributed by atoms with Gasteiger partial charge in [-0.3, -0.25) is 14.7 Å². The van der Waals surface area contributed by atoms with Crippen LogP contribution >= 0.6 is 0 Å². The summed E-state index contributed by atoms with van der Waals surface area (Å²) >= 11 is 0. The smallest absolute Gasteiger partial charge is 0.226 e. The lowest BCUT2D eigenvalue weighted by molar-refractivity contribution is -0.130. The number of amides is 1. The Kier molecular flexibility index (Phi) is 8.67. The van der Waals surface area contributed by atoms with E-state index in [9.17, 15) is 13.2 Å². The number of nitrogens with zero attached hydrogens (tertiary/aromatic N) is 5. The number of carbonyl (C=O) groups is 1. The van der Waals surface area contributed by atoms with Gasteiger partial charge < -0.3 is 10.1 Å². The summed E-state index contributed by atoms with van der Waals surface area (Å²) in [5.74, 6) is 0.479. The summed E-state index contributed by atoms with van der Waals surface area (Å²) in [5, 5.41) is 11.8. The molecule has 46 heavy (non-hydrogen) atoms. The maximum absolute atomic E-state index is 14.1. The lowest BCUT2D eigenvalue weighted by Crippen LogP contribution is -2.46. The zero-order chi connectivity index (χ0) is 32.8. The summed E-state index contributed by atoms with van der Waals surface area (Å²) in [5.41, 5.74) is 7.22. The molecule has 0 aliphatic carbocycles. The number of fused-ring (bicyclic) bond motifs is 2. The molecule has 2 aliphatic heterocycles. The van der Waals surface area contributed by atoms with E-state index in [0.717, 1.165) is 65.1 Å². The van der Waals surface area contributed by atoms with Gasteiger partial charge in [0.25, 0.3) is 0 Å².